The lowest BCUT2D eigenvalue weighted by Gasteiger charge is -2.13. The molecular weight excluding hydrogens is 327 g/mol. The van der Waals surface area contributed by atoms with Crippen molar-refractivity contribution < 1.29 is 18.0 Å². The maximum atomic E-state index is 12.7. The standard InChI is InChI=1S/C20H14F3NO/c21-20(22,23)15-10-12-16(13-11-15)24-18-9-5-4-8-17(18)19(25)14-6-2-1-3-7-14/h1-13,24H. The van der Waals surface area contributed by atoms with E-state index in [1.54, 1.807) is 48.5 Å². The second kappa shape index (κ2) is 6.81. The van der Waals surface area contributed by atoms with Gasteiger partial charge in [-0.3, -0.25) is 4.79 Å². The van der Waals surface area contributed by atoms with Crippen LogP contribution in [0.4, 0.5) is 24.5 Å². The molecule has 0 aliphatic heterocycles. The van der Waals surface area contributed by atoms with Crippen LogP contribution in [-0.2, 0) is 6.18 Å². The average Bonchev–Trinajstić information content (AvgIpc) is 2.62. The fourth-order valence-corrected chi connectivity index (χ4v) is 2.43. The Morgan fingerprint density at radius 2 is 1.36 bits per heavy atom. The van der Waals surface area contributed by atoms with E-state index in [1.165, 1.54) is 12.1 Å². The van der Waals surface area contributed by atoms with Crippen LogP contribution in [-0.4, -0.2) is 5.78 Å². The minimum atomic E-state index is -4.38. The van der Waals surface area contributed by atoms with E-state index in [1.807, 2.05) is 6.07 Å². The first-order valence-corrected chi connectivity index (χ1v) is 7.58. The van der Waals surface area contributed by atoms with Gasteiger partial charge in [-0.15, -0.1) is 0 Å². The molecule has 0 atom stereocenters. The summed E-state index contributed by atoms with van der Waals surface area (Å²) >= 11 is 0. The Balaban J connectivity index is 1.88. The Morgan fingerprint density at radius 3 is 2.00 bits per heavy atom. The van der Waals surface area contributed by atoms with E-state index >= 15 is 0 Å². The number of hydrogen-bond donors (Lipinski definition) is 1. The Morgan fingerprint density at radius 1 is 0.760 bits per heavy atom. The highest BCUT2D eigenvalue weighted by Gasteiger charge is 2.29. The summed E-state index contributed by atoms with van der Waals surface area (Å²) in [6, 6.07) is 20.4. The van der Waals surface area contributed by atoms with E-state index < -0.39 is 11.7 Å². The van der Waals surface area contributed by atoms with Crippen LogP contribution in [0.15, 0.2) is 78.9 Å². The molecular formula is C20H14F3NO. The fourth-order valence-electron chi connectivity index (χ4n) is 2.43. The fraction of sp³-hybridized carbons (Fsp3) is 0.0500. The lowest BCUT2D eigenvalue weighted by Crippen LogP contribution is -2.06. The predicted molar refractivity (Wildman–Crippen MR) is 91.0 cm³/mol. The van der Waals surface area contributed by atoms with Crippen molar-refractivity contribution in [2.24, 2.45) is 0 Å². The topological polar surface area (TPSA) is 29.1 Å². The van der Waals surface area contributed by atoms with Crippen LogP contribution in [0.5, 0.6) is 0 Å². The molecule has 0 aliphatic rings. The third kappa shape index (κ3) is 3.88. The van der Waals surface area contributed by atoms with Crippen molar-refractivity contribution in [1.82, 2.24) is 0 Å². The monoisotopic (exact) mass is 341 g/mol. The van der Waals surface area contributed by atoms with Gasteiger partial charge in [0.15, 0.2) is 5.78 Å². The van der Waals surface area contributed by atoms with E-state index in [0.29, 0.717) is 22.5 Å². The second-order valence-electron chi connectivity index (χ2n) is 5.44. The highest BCUT2D eigenvalue weighted by atomic mass is 19.4. The van der Waals surface area contributed by atoms with Crippen molar-refractivity contribution >= 4 is 17.2 Å². The molecule has 3 aromatic rings. The van der Waals surface area contributed by atoms with Gasteiger partial charge in [0.05, 0.1) is 5.56 Å². The summed E-state index contributed by atoms with van der Waals surface area (Å²) in [5, 5.41) is 3.01. The summed E-state index contributed by atoms with van der Waals surface area (Å²) in [7, 11) is 0. The van der Waals surface area contributed by atoms with Gasteiger partial charge in [0.25, 0.3) is 0 Å². The number of rotatable bonds is 4. The molecule has 126 valence electrons. The number of alkyl halides is 3. The number of anilines is 2. The molecule has 3 rings (SSSR count). The summed E-state index contributed by atoms with van der Waals surface area (Å²) in [5.74, 6) is -0.157. The Kier molecular flexibility index (Phi) is 4.57. The molecule has 0 bridgehead atoms. The Hall–Kier alpha value is -3.08. The van der Waals surface area contributed by atoms with Crippen molar-refractivity contribution in [3.05, 3.63) is 95.6 Å². The second-order valence-corrected chi connectivity index (χ2v) is 5.44. The maximum absolute atomic E-state index is 12.7. The number of ketones is 1. The highest BCUT2D eigenvalue weighted by Crippen LogP contribution is 2.31. The SMILES string of the molecule is O=C(c1ccccc1)c1ccccc1Nc1ccc(C(F)(F)F)cc1. The molecule has 2 nitrogen and oxygen atoms in total. The molecule has 0 aromatic heterocycles. The van der Waals surface area contributed by atoms with E-state index in [0.717, 1.165) is 12.1 Å². The first-order chi connectivity index (χ1) is 11.9. The van der Waals surface area contributed by atoms with Crippen LogP contribution >= 0.6 is 0 Å². The smallest absolute Gasteiger partial charge is 0.355 e. The molecule has 0 amide bonds. The van der Waals surface area contributed by atoms with Crippen LogP contribution in [0.1, 0.15) is 21.5 Å². The number of nitrogens with one attached hydrogen (secondary N) is 1. The lowest BCUT2D eigenvalue weighted by molar-refractivity contribution is -0.137. The van der Waals surface area contributed by atoms with Gasteiger partial charge in [-0.25, -0.2) is 0 Å². The van der Waals surface area contributed by atoms with Gasteiger partial charge in [-0.2, -0.15) is 13.2 Å². The number of hydrogen-bond acceptors (Lipinski definition) is 2. The van der Waals surface area contributed by atoms with E-state index in [9.17, 15) is 18.0 Å². The van der Waals surface area contributed by atoms with Gasteiger partial charge < -0.3 is 5.32 Å². The molecule has 0 unspecified atom stereocenters. The van der Waals surface area contributed by atoms with Crippen molar-refractivity contribution in [1.29, 1.82) is 0 Å². The van der Waals surface area contributed by atoms with E-state index in [2.05, 4.69) is 5.32 Å². The molecule has 3 aromatic carbocycles. The molecule has 0 radical (unpaired) electrons. The van der Waals surface area contributed by atoms with Gasteiger partial charge in [-0.05, 0) is 36.4 Å². The van der Waals surface area contributed by atoms with Crippen molar-refractivity contribution in [2.75, 3.05) is 5.32 Å². The molecule has 1 N–H and O–H groups in total. The molecule has 5 heteroatoms. The molecule has 0 spiro atoms. The zero-order valence-electron chi connectivity index (χ0n) is 13.0. The van der Waals surface area contributed by atoms with E-state index in [-0.39, 0.29) is 5.78 Å². The third-order valence-electron chi connectivity index (χ3n) is 3.70. The number of carbonyl (C=O) groups excluding carboxylic acids is 1. The largest absolute Gasteiger partial charge is 0.416 e. The van der Waals surface area contributed by atoms with Crippen molar-refractivity contribution in [2.45, 2.75) is 6.18 Å². The molecule has 0 saturated carbocycles. The Labute approximate surface area is 142 Å². The lowest BCUT2D eigenvalue weighted by atomic mass is 10.0. The van der Waals surface area contributed by atoms with Gasteiger partial charge in [0, 0.05) is 22.5 Å². The van der Waals surface area contributed by atoms with Crippen LogP contribution in [0.3, 0.4) is 0 Å². The van der Waals surface area contributed by atoms with Crippen molar-refractivity contribution in [3.63, 3.8) is 0 Å². The highest BCUT2D eigenvalue weighted by molar-refractivity contribution is 6.12. The zero-order chi connectivity index (χ0) is 17.9. The zero-order valence-corrected chi connectivity index (χ0v) is 13.0. The molecule has 0 fully saturated rings. The minimum Gasteiger partial charge on any atom is -0.355 e. The first-order valence-electron chi connectivity index (χ1n) is 7.58. The van der Waals surface area contributed by atoms with Crippen LogP contribution in [0, 0.1) is 0 Å². The van der Waals surface area contributed by atoms with Crippen LogP contribution in [0.25, 0.3) is 0 Å². The number of para-hydroxylation sites is 1. The van der Waals surface area contributed by atoms with Crippen LogP contribution < -0.4 is 5.32 Å². The summed E-state index contributed by atoms with van der Waals surface area (Å²) in [5.41, 5.74) is 1.29. The summed E-state index contributed by atoms with van der Waals surface area (Å²) < 4.78 is 37.9. The molecule has 0 heterocycles. The van der Waals surface area contributed by atoms with Crippen molar-refractivity contribution in [3.8, 4) is 0 Å². The minimum absolute atomic E-state index is 0.157. The summed E-state index contributed by atoms with van der Waals surface area (Å²) in [6.07, 6.45) is -4.38. The van der Waals surface area contributed by atoms with E-state index in [4.69, 9.17) is 0 Å². The van der Waals surface area contributed by atoms with Crippen LogP contribution in [0.2, 0.25) is 0 Å². The summed E-state index contributed by atoms with van der Waals surface area (Å²) in [6.45, 7) is 0. The molecule has 25 heavy (non-hydrogen) atoms. The molecule has 0 aliphatic carbocycles. The van der Waals surface area contributed by atoms with Gasteiger partial charge in [-0.1, -0.05) is 42.5 Å². The average molecular weight is 341 g/mol. The Bertz CT molecular complexity index is 871. The quantitative estimate of drug-likeness (QED) is 0.619. The van der Waals surface area contributed by atoms with Gasteiger partial charge in [0.1, 0.15) is 0 Å². The predicted octanol–water partition coefficient (Wildman–Crippen LogP) is 5.68. The maximum Gasteiger partial charge on any atom is 0.416 e. The number of halogens is 3. The normalized spacial score (nSPS) is 11.2. The number of benzene rings is 3. The van der Waals surface area contributed by atoms with Gasteiger partial charge in [0.2, 0.25) is 0 Å². The number of carbonyl (C=O) groups is 1. The van der Waals surface area contributed by atoms with Gasteiger partial charge >= 0.3 is 6.18 Å². The third-order valence-corrected chi connectivity index (χ3v) is 3.70. The summed E-state index contributed by atoms with van der Waals surface area (Å²) in [4.78, 5) is 12.7. The first kappa shape index (κ1) is 16.8. The molecule has 0 saturated heterocycles.